The summed E-state index contributed by atoms with van der Waals surface area (Å²) in [6.45, 7) is 7.80. The first-order valence-corrected chi connectivity index (χ1v) is 10.4. The van der Waals surface area contributed by atoms with Crippen LogP contribution >= 0.6 is 0 Å². The van der Waals surface area contributed by atoms with Gasteiger partial charge in [-0.3, -0.25) is 4.79 Å². The molecule has 1 aromatic heterocycles. The summed E-state index contributed by atoms with van der Waals surface area (Å²) in [5.74, 6) is 1.41. The summed E-state index contributed by atoms with van der Waals surface area (Å²) in [4.78, 5) is 17.4. The van der Waals surface area contributed by atoms with Crippen LogP contribution in [0.2, 0.25) is 0 Å². The summed E-state index contributed by atoms with van der Waals surface area (Å²) in [7, 11) is 0. The molecule has 0 aliphatic heterocycles. The molecule has 1 amide bonds. The number of para-hydroxylation sites is 1. The van der Waals surface area contributed by atoms with Crippen molar-refractivity contribution >= 4 is 22.7 Å². The lowest BCUT2D eigenvalue weighted by Crippen LogP contribution is -2.42. The maximum absolute atomic E-state index is 12.7. The Bertz CT molecular complexity index is 1190. The summed E-state index contributed by atoms with van der Waals surface area (Å²) in [6, 6.07) is 22.8. The van der Waals surface area contributed by atoms with Gasteiger partial charge in [0.05, 0.1) is 0 Å². The maximum atomic E-state index is 12.7. The first kappa shape index (κ1) is 20.7. The number of hydrogen-bond acceptors (Lipinski definition) is 4. The highest BCUT2D eigenvalue weighted by Gasteiger charge is 2.30. The van der Waals surface area contributed by atoms with Crippen molar-refractivity contribution in [3.63, 3.8) is 0 Å². The number of carbonyl (C=O) groups excluding carboxylic acids is 1. The van der Waals surface area contributed by atoms with Crippen molar-refractivity contribution in [2.24, 2.45) is 0 Å². The van der Waals surface area contributed by atoms with Crippen LogP contribution in [0.25, 0.3) is 22.6 Å². The van der Waals surface area contributed by atoms with Gasteiger partial charge in [-0.1, -0.05) is 38.1 Å². The number of fused-ring (bicyclic) bond motifs is 1. The summed E-state index contributed by atoms with van der Waals surface area (Å²) >= 11 is 0. The minimum atomic E-state index is -1.02. The van der Waals surface area contributed by atoms with E-state index in [1.165, 1.54) is 5.56 Å². The average molecular weight is 415 g/mol. The van der Waals surface area contributed by atoms with Crippen molar-refractivity contribution < 1.29 is 13.9 Å². The van der Waals surface area contributed by atoms with Crippen LogP contribution < -0.4 is 10.1 Å². The Morgan fingerprint density at radius 1 is 1.00 bits per heavy atom. The second-order valence-corrected chi connectivity index (χ2v) is 8.36. The highest BCUT2D eigenvalue weighted by molar-refractivity contribution is 5.97. The molecule has 31 heavy (non-hydrogen) atoms. The molecule has 0 saturated carbocycles. The minimum absolute atomic E-state index is 0.229. The fourth-order valence-electron chi connectivity index (χ4n) is 3.23. The minimum Gasteiger partial charge on any atom is -0.478 e. The number of hydrogen-bond donors (Lipinski definition) is 1. The van der Waals surface area contributed by atoms with Gasteiger partial charge in [-0.05, 0) is 73.9 Å². The molecule has 5 heteroatoms. The number of aromatic nitrogens is 1. The van der Waals surface area contributed by atoms with Gasteiger partial charge in [0.15, 0.2) is 11.2 Å². The number of amides is 1. The number of benzene rings is 3. The third kappa shape index (κ3) is 4.61. The second kappa shape index (κ2) is 8.26. The highest BCUT2D eigenvalue weighted by atomic mass is 16.5. The highest BCUT2D eigenvalue weighted by Crippen LogP contribution is 2.28. The molecule has 0 unspecified atom stereocenters. The zero-order valence-electron chi connectivity index (χ0n) is 18.2. The molecule has 3 aromatic carbocycles. The molecule has 158 valence electrons. The van der Waals surface area contributed by atoms with Gasteiger partial charge in [0.25, 0.3) is 5.91 Å². The third-order valence-electron chi connectivity index (χ3n) is 5.13. The van der Waals surface area contributed by atoms with Gasteiger partial charge >= 0.3 is 0 Å². The van der Waals surface area contributed by atoms with Gasteiger partial charge in [-0.15, -0.1) is 0 Å². The standard InChI is InChI=1S/C26H26N2O3/c1-17(2)19-12-15-23-22(16-19)28-24(30-23)18-10-13-20(14-11-18)27-25(29)26(3,4)31-21-8-6-5-7-9-21/h5-17H,1-4H3,(H,27,29). The first-order valence-electron chi connectivity index (χ1n) is 10.4. The van der Waals surface area contributed by atoms with Crippen LogP contribution in [0, 0.1) is 0 Å². The smallest absolute Gasteiger partial charge is 0.267 e. The Kier molecular flexibility index (Phi) is 5.51. The van der Waals surface area contributed by atoms with Gasteiger partial charge in [-0.2, -0.15) is 0 Å². The van der Waals surface area contributed by atoms with Crippen LogP contribution in [0.5, 0.6) is 5.75 Å². The molecule has 0 aliphatic carbocycles. The zero-order chi connectivity index (χ0) is 22.0. The van der Waals surface area contributed by atoms with E-state index < -0.39 is 5.60 Å². The number of carbonyl (C=O) groups is 1. The van der Waals surface area contributed by atoms with Gasteiger partial charge < -0.3 is 14.5 Å². The van der Waals surface area contributed by atoms with Crippen LogP contribution in [0.3, 0.4) is 0 Å². The lowest BCUT2D eigenvalue weighted by molar-refractivity contribution is -0.128. The molecular formula is C26H26N2O3. The topological polar surface area (TPSA) is 64.4 Å². The molecule has 5 nitrogen and oxygen atoms in total. The quantitative estimate of drug-likeness (QED) is 0.396. The van der Waals surface area contributed by atoms with E-state index in [2.05, 4.69) is 36.3 Å². The molecular weight excluding hydrogens is 388 g/mol. The summed E-state index contributed by atoms with van der Waals surface area (Å²) in [5, 5.41) is 2.91. The maximum Gasteiger partial charge on any atom is 0.267 e. The predicted octanol–water partition coefficient (Wildman–Crippen LogP) is 6.41. The van der Waals surface area contributed by atoms with E-state index in [1.54, 1.807) is 13.8 Å². The van der Waals surface area contributed by atoms with E-state index >= 15 is 0 Å². The Morgan fingerprint density at radius 3 is 2.39 bits per heavy atom. The summed E-state index contributed by atoms with van der Waals surface area (Å²) in [6.07, 6.45) is 0. The fourth-order valence-corrected chi connectivity index (χ4v) is 3.23. The second-order valence-electron chi connectivity index (χ2n) is 8.36. The van der Waals surface area contributed by atoms with Crippen molar-refractivity contribution in [3.8, 4) is 17.2 Å². The Morgan fingerprint density at radius 2 is 1.71 bits per heavy atom. The molecule has 0 spiro atoms. The number of rotatable bonds is 6. The van der Waals surface area contributed by atoms with Crippen molar-refractivity contribution in [2.45, 2.75) is 39.2 Å². The molecule has 0 fully saturated rings. The van der Waals surface area contributed by atoms with E-state index in [0.29, 0.717) is 23.2 Å². The lowest BCUT2D eigenvalue weighted by Gasteiger charge is -2.25. The van der Waals surface area contributed by atoms with Crippen molar-refractivity contribution in [1.29, 1.82) is 0 Å². The molecule has 1 heterocycles. The SMILES string of the molecule is CC(C)c1ccc2oc(-c3ccc(NC(=O)C(C)(C)Oc4ccccc4)cc3)nc2c1. The van der Waals surface area contributed by atoms with E-state index in [1.807, 2.05) is 60.7 Å². The first-order chi connectivity index (χ1) is 14.8. The summed E-state index contributed by atoms with van der Waals surface area (Å²) in [5.41, 5.74) is 3.34. The molecule has 1 N–H and O–H groups in total. The van der Waals surface area contributed by atoms with Crippen LogP contribution in [-0.2, 0) is 4.79 Å². The van der Waals surface area contributed by atoms with Gasteiger partial charge in [0, 0.05) is 11.3 Å². The van der Waals surface area contributed by atoms with Gasteiger partial charge in [-0.25, -0.2) is 4.98 Å². The van der Waals surface area contributed by atoms with Crippen LogP contribution in [0.15, 0.2) is 77.2 Å². The normalized spacial score (nSPS) is 11.6. The molecule has 0 bridgehead atoms. The predicted molar refractivity (Wildman–Crippen MR) is 123 cm³/mol. The van der Waals surface area contributed by atoms with E-state index in [9.17, 15) is 4.79 Å². The van der Waals surface area contributed by atoms with Crippen molar-refractivity contribution in [3.05, 3.63) is 78.4 Å². The Balaban J connectivity index is 1.48. The van der Waals surface area contributed by atoms with Crippen molar-refractivity contribution in [1.82, 2.24) is 4.98 Å². The molecule has 0 atom stereocenters. The fraction of sp³-hybridized carbons (Fsp3) is 0.231. The van der Waals surface area contributed by atoms with E-state index in [4.69, 9.17) is 9.15 Å². The van der Waals surface area contributed by atoms with Crippen molar-refractivity contribution in [2.75, 3.05) is 5.32 Å². The number of nitrogens with zero attached hydrogens (tertiary/aromatic N) is 1. The number of oxazole rings is 1. The average Bonchev–Trinajstić information content (AvgIpc) is 3.18. The molecule has 4 rings (SSSR count). The largest absolute Gasteiger partial charge is 0.478 e. The molecule has 0 radical (unpaired) electrons. The van der Waals surface area contributed by atoms with Crippen LogP contribution in [0.4, 0.5) is 5.69 Å². The number of ether oxygens (including phenoxy) is 1. The Labute approximate surface area is 182 Å². The van der Waals surface area contributed by atoms with Crippen LogP contribution in [0.1, 0.15) is 39.2 Å². The Hall–Kier alpha value is -3.60. The molecule has 4 aromatic rings. The van der Waals surface area contributed by atoms with E-state index in [-0.39, 0.29) is 5.91 Å². The monoisotopic (exact) mass is 414 g/mol. The number of anilines is 1. The molecule has 0 saturated heterocycles. The van der Waals surface area contributed by atoms with Crippen LogP contribution in [-0.4, -0.2) is 16.5 Å². The van der Waals surface area contributed by atoms with Gasteiger partial charge in [0.1, 0.15) is 11.3 Å². The van der Waals surface area contributed by atoms with E-state index in [0.717, 1.165) is 16.7 Å². The molecule has 0 aliphatic rings. The lowest BCUT2D eigenvalue weighted by atomic mass is 10.0. The summed E-state index contributed by atoms with van der Waals surface area (Å²) < 4.78 is 11.8. The van der Waals surface area contributed by atoms with Gasteiger partial charge in [0.2, 0.25) is 5.89 Å². The number of nitrogens with one attached hydrogen (secondary N) is 1. The zero-order valence-corrected chi connectivity index (χ0v) is 18.2. The third-order valence-corrected chi connectivity index (χ3v) is 5.13.